The fourth-order valence-corrected chi connectivity index (χ4v) is 3.28. The van der Waals surface area contributed by atoms with Gasteiger partial charge < -0.3 is 9.47 Å². The average Bonchev–Trinajstić information content (AvgIpc) is 2.48. The van der Waals surface area contributed by atoms with E-state index in [1.807, 2.05) is 24.3 Å². The van der Waals surface area contributed by atoms with E-state index in [4.69, 9.17) is 44.3 Å². The Morgan fingerprint density at radius 1 is 0.952 bits per heavy atom. The van der Waals surface area contributed by atoms with Crippen LogP contribution in [0.25, 0.3) is 0 Å². The molecule has 1 unspecified atom stereocenters. The van der Waals surface area contributed by atoms with Gasteiger partial charge in [-0.2, -0.15) is 0 Å². The van der Waals surface area contributed by atoms with E-state index in [0.29, 0.717) is 34.8 Å². The van der Waals surface area contributed by atoms with Crippen molar-refractivity contribution in [2.75, 3.05) is 13.2 Å². The van der Waals surface area contributed by atoms with E-state index in [1.54, 1.807) is 6.07 Å². The molecule has 0 aromatic heterocycles. The lowest BCUT2D eigenvalue weighted by molar-refractivity contribution is 0.171. The van der Waals surface area contributed by atoms with E-state index in [-0.39, 0.29) is 0 Å². The first-order valence-electron chi connectivity index (χ1n) is 6.24. The van der Waals surface area contributed by atoms with Gasteiger partial charge in [0.1, 0.15) is 13.2 Å². The molecule has 6 heteroatoms. The zero-order valence-electron chi connectivity index (χ0n) is 10.7. The second kappa shape index (κ2) is 6.41. The van der Waals surface area contributed by atoms with Crippen molar-refractivity contribution in [3.8, 4) is 11.5 Å². The predicted octanol–water partition coefficient (Wildman–Crippen LogP) is 5.70. The maximum absolute atomic E-state index is 6.56. The molecule has 1 heterocycles. The summed E-state index contributed by atoms with van der Waals surface area (Å²) in [5, 5.41) is 0.823. The van der Waals surface area contributed by atoms with Crippen molar-refractivity contribution in [2.45, 2.75) is 5.38 Å². The molecule has 1 atom stereocenters. The number of hydrogen-bond donors (Lipinski definition) is 0. The molecule has 3 rings (SSSR count). The van der Waals surface area contributed by atoms with E-state index < -0.39 is 5.38 Å². The summed E-state index contributed by atoms with van der Waals surface area (Å²) in [6.45, 7) is 1.05. The summed E-state index contributed by atoms with van der Waals surface area (Å²) < 4.78 is 12.1. The van der Waals surface area contributed by atoms with Crippen molar-refractivity contribution in [3.05, 3.63) is 55.1 Å². The third-order valence-electron chi connectivity index (χ3n) is 3.17. The van der Waals surface area contributed by atoms with E-state index in [1.165, 1.54) is 0 Å². The highest BCUT2D eigenvalue weighted by molar-refractivity contribution is 14.1. The molecule has 21 heavy (non-hydrogen) atoms. The molecule has 0 bridgehead atoms. The molecule has 110 valence electrons. The van der Waals surface area contributed by atoms with Crippen LogP contribution in [-0.4, -0.2) is 13.2 Å². The van der Waals surface area contributed by atoms with Crippen molar-refractivity contribution in [1.82, 2.24) is 0 Å². The van der Waals surface area contributed by atoms with Gasteiger partial charge in [0.25, 0.3) is 0 Å². The minimum Gasteiger partial charge on any atom is -0.486 e. The molecule has 0 saturated heterocycles. The smallest absolute Gasteiger partial charge is 0.162 e. The lowest BCUT2D eigenvalue weighted by Gasteiger charge is -2.21. The van der Waals surface area contributed by atoms with E-state index in [9.17, 15) is 0 Å². The lowest BCUT2D eigenvalue weighted by atomic mass is 10.0. The minimum absolute atomic E-state index is 0.400. The monoisotopic (exact) mass is 454 g/mol. The molecule has 0 saturated carbocycles. The summed E-state index contributed by atoms with van der Waals surface area (Å²) in [6.07, 6.45) is 0. The van der Waals surface area contributed by atoms with Crippen LogP contribution in [0.4, 0.5) is 0 Å². The molecule has 0 N–H and O–H groups in total. The van der Waals surface area contributed by atoms with Crippen LogP contribution in [0, 0.1) is 3.57 Å². The van der Waals surface area contributed by atoms with Gasteiger partial charge in [-0.25, -0.2) is 0 Å². The molecule has 2 aromatic carbocycles. The van der Waals surface area contributed by atoms with Crippen molar-refractivity contribution >= 4 is 57.4 Å². The van der Waals surface area contributed by atoms with Crippen LogP contribution in [-0.2, 0) is 0 Å². The van der Waals surface area contributed by atoms with Crippen molar-refractivity contribution in [2.24, 2.45) is 0 Å². The van der Waals surface area contributed by atoms with Gasteiger partial charge in [0, 0.05) is 14.7 Å². The highest BCUT2D eigenvalue weighted by atomic mass is 127. The van der Waals surface area contributed by atoms with Crippen LogP contribution < -0.4 is 9.47 Å². The molecule has 0 fully saturated rings. The van der Waals surface area contributed by atoms with Gasteiger partial charge in [0.2, 0.25) is 0 Å². The second-order valence-electron chi connectivity index (χ2n) is 4.55. The van der Waals surface area contributed by atoms with E-state index in [0.717, 1.165) is 14.7 Å². The normalized spacial score (nSPS) is 14.9. The maximum Gasteiger partial charge on any atom is 0.162 e. The number of alkyl halides is 1. The van der Waals surface area contributed by atoms with Gasteiger partial charge in [0.05, 0.1) is 10.4 Å². The SMILES string of the molecule is Clc1cc(C(Cl)c2cc3c(cc2Cl)OCCO3)ccc1I. The van der Waals surface area contributed by atoms with Gasteiger partial charge in [-0.15, -0.1) is 11.6 Å². The summed E-state index contributed by atoms with van der Waals surface area (Å²) in [4.78, 5) is 0. The Morgan fingerprint density at radius 2 is 1.62 bits per heavy atom. The molecule has 0 spiro atoms. The number of halogens is 4. The van der Waals surface area contributed by atoms with Crippen LogP contribution in [0.3, 0.4) is 0 Å². The fourth-order valence-electron chi connectivity index (χ4n) is 2.12. The molecular formula is C15H10Cl3IO2. The standard InChI is InChI=1S/C15H10Cl3IO2/c16-10-7-14-13(20-3-4-21-14)6-9(10)15(18)8-1-2-12(19)11(17)5-8/h1-2,5-7,15H,3-4H2. The largest absolute Gasteiger partial charge is 0.486 e. The quantitative estimate of drug-likeness (QED) is 0.427. The van der Waals surface area contributed by atoms with Crippen LogP contribution in [0.15, 0.2) is 30.3 Å². The van der Waals surface area contributed by atoms with E-state index >= 15 is 0 Å². The Balaban J connectivity index is 2.00. The molecule has 0 amide bonds. The molecule has 0 radical (unpaired) electrons. The van der Waals surface area contributed by atoms with E-state index in [2.05, 4.69) is 22.6 Å². The van der Waals surface area contributed by atoms with Gasteiger partial charge in [-0.05, 0) is 51.9 Å². The first-order valence-corrected chi connectivity index (χ1v) is 8.51. The zero-order chi connectivity index (χ0) is 15.0. The van der Waals surface area contributed by atoms with Crippen LogP contribution in [0.5, 0.6) is 11.5 Å². The zero-order valence-corrected chi connectivity index (χ0v) is 15.1. The highest BCUT2D eigenvalue weighted by Gasteiger charge is 2.21. The van der Waals surface area contributed by atoms with Gasteiger partial charge in [-0.3, -0.25) is 0 Å². The van der Waals surface area contributed by atoms with Crippen LogP contribution in [0.1, 0.15) is 16.5 Å². The summed E-state index contributed by atoms with van der Waals surface area (Å²) in [6, 6.07) is 9.31. The summed E-state index contributed by atoms with van der Waals surface area (Å²) in [5.41, 5.74) is 1.67. The molecule has 0 aliphatic carbocycles. The molecule has 2 aromatic rings. The average molecular weight is 456 g/mol. The van der Waals surface area contributed by atoms with Crippen LogP contribution in [0.2, 0.25) is 10.0 Å². The second-order valence-corrected chi connectivity index (χ2v) is 6.97. The first-order chi connectivity index (χ1) is 10.1. The molecule has 1 aliphatic heterocycles. The van der Waals surface area contributed by atoms with Gasteiger partial charge >= 0.3 is 0 Å². The molecule has 1 aliphatic rings. The maximum atomic E-state index is 6.56. The van der Waals surface area contributed by atoms with Gasteiger partial charge in [0.15, 0.2) is 11.5 Å². The Bertz CT molecular complexity index is 691. The number of rotatable bonds is 2. The number of benzene rings is 2. The molecule has 2 nitrogen and oxygen atoms in total. The summed E-state index contributed by atoms with van der Waals surface area (Å²) in [7, 11) is 0. The summed E-state index contributed by atoms with van der Waals surface area (Å²) in [5.74, 6) is 1.32. The Hall–Kier alpha value is -0.360. The predicted molar refractivity (Wildman–Crippen MR) is 94.3 cm³/mol. The highest BCUT2D eigenvalue weighted by Crippen LogP contribution is 2.42. The summed E-state index contributed by atoms with van der Waals surface area (Å²) >= 11 is 21.2. The van der Waals surface area contributed by atoms with Crippen LogP contribution >= 0.6 is 57.4 Å². The third-order valence-corrected chi connectivity index (χ3v) is 5.56. The van der Waals surface area contributed by atoms with Crippen molar-refractivity contribution in [1.29, 1.82) is 0 Å². The number of hydrogen-bond acceptors (Lipinski definition) is 2. The topological polar surface area (TPSA) is 18.5 Å². The molecular weight excluding hydrogens is 445 g/mol. The number of fused-ring (bicyclic) bond motifs is 1. The Kier molecular flexibility index (Phi) is 4.74. The Labute approximate surface area is 151 Å². The fraction of sp³-hybridized carbons (Fsp3) is 0.200. The van der Waals surface area contributed by atoms with Crippen molar-refractivity contribution < 1.29 is 9.47 Å². The third kappa shape index (κ3) is 3.21. The van der Waals surface area contributed by atoms with Gasteiger partial charge in [-0.1, -0.05) is 29.3 Å². The van der Waals surface area contributed by atoms with Crippen molar-refractivity contribution in [3.63, 3.8) is 0 Å². The minimum atomic E-state index is -0.400. The lowest BCUT2D eigenvalue weighted by Crippen LogP contribution is -2.15. The Morgan fingerprint density at radius 3 is 2.29 bits per heavy atom. The first kappa shape index (κ1) is 15.5. The number of ether oxygens (including phenoxy) is 2.